The Bertz CT molecular complexity index is 780. The fourth-order valence-corrected chi connectivity index (χ4v) is 10.7. The summed E-state index contributed by atoms with van der Waals surface area (Å²) >= 11 is 8.27. The SMILES string of the molecule is Cc1cc(C)c2c(c1C)SC1(S2)Sc2c(C)cc(C)c(C)c2S1. The van der Waals surface area contributed by atoms with Gasteiger partial charge in [0.1, 0.15) is 0 Å². The van der Waals surface area contributed by atoms with Crippen molar-refractivity contribution in [3.63, 3.8) is 0 Å². The Morgan fingerprint density at radius 3 is 1.26 bits per heavy atom. The lowest BCUT2D eigenvalue weighted by molar-refractivity contribution is 1.09. The molecular formula is C19H20S4. The van der Waals surface area contributed by atoms with Gasteiger partial charge in [-0.25, -0.2) is 0 Å². The van der Waals surface area contributed by atoms with Gasteiger partial charge in [-0.3, -0.25) is 0 Å². The molecule has 0 unspecified atom stereocenters. The average molecular weight is 377 g/mol. The quantitative estimate of drug-likeness (QED) is 0.475. The van der Waals surface area contributed by atoms with Crippen LogP contribution in [0.4, 0.5) is 0 Å². The van der Waals surface area contributed by atoms with E-state index >= 15 is 0 Å². The molecule has 2 aromatic rings. The van der Waals surface area contributed by atoms with Crippen molar-refractivity contribution in [1.29, 1.82) is 0 Å². The maximum absolute atomic E-state index is 2.35. The van der Waals surface area contributed by atoms with Crippen LogP contribution in [0.3, 0.4) is 0 Å². The van der Waals surface area contributed by atoms with Crippen LogP contribution < -0.4 is 0 Å². The van der Waals surface area contributed by atoms with Crippen LogP contribution in [0.15, 0.2) is 31.7 Å². The number of hydrogen-bond acceptors (Lipinski definition) is 4. The molecule has 0 saturated heterocycles. The first-order valence-electron chi connectivity index (χ1n) is 7.79. The zero-order chi connectivity index (χ0) is 16.5. The Balaban J connectivity index is 1.80. The molecule has 120 valence electrons. The lowest BCUT2D eigenvalue weighted by Crippen LogP contribution is -1.99. The van der Waals surface area contributed by atoms with Crippen molar-refractivity contribution in [3.8, 4) is 0 Å². The first-order chi connectivity index (χ1) is 10.8. The van der Waals surface area contributed by atoms with E-state index in [4.69, 9.17) is 0 Å². The van der Waals surface area contributed by atoms with E-state index < -0.39 is 0 Å². The largest absolute Gasteiger partial charge is 0.171 e. The average Bonchev–Trinajstić information content (AvgIpc) is 3.05. The molecule has 0 fully saturated rings. The number of rotatable bonds is 0. The lowest BCUT2D eigenvalue weighted by atomic mass is 10.1. The smallest absolute Gasteiger partial charge is 0.0839 e. The molecule has 1 spiro atoms. The van der Waals surface area contributed by atoms with E-state index in [2.05, 4.69) is 101 Å². The van der Waals surface area contributed by atoms with Crippen LogP contribution in [0.5, 0.6) is 0 Å². The van der Waals surface area contributed by atoms with E-state index in [1.54, 1.807) is 0 Å². The van der Waals surface area contributed by atoms with E-state index in [9.17, 15) is 0 Å². The zero-order valence-corrected chi connectivity index (χ0v) is 17.6. The number of hydrogen-bond donors (Lipinski definition) is 0. The first kappa shape index (κ1) is 16.3. The van der Waals surface area contributed by atoms with Gasteiger partial charge in [0.2, 0.25) is 0 Å². The fourth-order valence-electron chi connectivity index (χ4n) is 3.18. The minimum atomic E-state index is 0.122. The van der Waals surface area contributed by atoms with Gasteiger partial charge in [-0.15, -0.1) is 0 Å². The molecule has 4 heteroatoms. The first-order valence-corrected chi connectivity index (χ1v) is 11.1. The standard InChI is InChI=1S/C19H20S4/c1-9-7-11(3)15-17(13(9)5)22-19(20-15)21-16-12(4)8-10(2)14(6)18(16)23-19/h7-8H,1-6H3. The molecule has 0 nitrogen and oxygen atoms in total. The summed E-state index contributed by atoms with van der Waals surface area (Å²) in [5.74, 6) is 0. The van der Waals surface area contributed by atoms with Crippen LogP contribution in [0.25, 0.3) is 0 Å². The molecule has 2 aliphatic heterocycles. The van der Waals surface area contributed by atoms with E-state index in [0.717, 1.165) is 0 Å². The molecule has 0 aliphatic carbocycles. The summed E-state index contributed by atoms with van der Waals surface area (Å²) < 4.78 is 0.122. The molecule has 2 aromatic carbocycles. The highest BCUT2D eigenvalue weighted by atomic mass is 32.3. The molecule has 2 heterocycles. The highest BCUT2D eigenvalue weighted by molar-refractivity contribution is 8.50. The Labute approximate surface area is 156 Å². The van der Waals surface area contributed by atoms with E-state index in [1.807, 2.05) is 0 Å². The predicted molar refractivity (Wildman–Crippen MR) is 107 cm³/mol. The Hall–Kier alpha value is -0.160. The predicted octanol–water partition coefficient (Wildman–Crippen LogP) is 7.24. The van der Waals surface area contributed by atoms with Crippen molar-refractivity contribution >= 4 is 47.0 Å². The normalized spacial score (nSPS) is 17.7. The topological polar surface area (TPSA) is 0 Å². The van der Waals surface area contributed by atoms with Gasteiger partial charge in [0.05, 0.1) is 0 Å². The monoisotopic (exact) mass is 376 g/mol. The minimum Gasteiger partial charge on any atom is -0.0839 e. The summed E-state index contributed by atoms with van der Waals surface area (Å²) in [5, 5.41) is 0. The van der Waals surface area contributed by atoms with Crippen LogP contribution in [0, 0.1) is 41.5 Å². The van der Waals surface area contributed by atoms with E-state index in [-0.39, 0.29) is 2.74 Å². The summed E-state index contributed by atoms with van der Waals surface area (Å²) in [6.07, 6.45) is 0. The summed E-state index contributed by atoms with van der Waals surface area (Å²) in [7, 11) is 0. The van der Waals surface area contributed by atoms with Gasteiger partial charge >= 0.3 is 0 Å². The highest BCUT2D eigenvalue weighted by Gasteiger charge is 2.48. The summed E-state index contributed by atoms with van der Waals surface area (Å²) in [6.45, 7) is 13.5. The molecule has 0 saturated carbocycles. The number of fused-ring (bicyclic) bond motifs is 2. The third-order valence-corrected chi connectivity index (χ3v) is 11.9. The van der Waals surface area contributed by atoms with Gasteiger partial charge in [0.25, 0.3) is 0 Å². The van der Waals surface area contributed by atoms with Crippen molar-refractivity contribution in [1.82, 2.24) is 0 Å². The number of thioether (sulfide) groups is 4. The molecule has 4 rings (SSSR count). The molecule has 0 aromatic heterocycles. The molecule has 23 heavy (non-hydrogen) atoms. The maximum atomic E-state index is 2.35. The van der Waals surface area contributed by atoms with Crippen LogP contribution >= 0.6 is 47.0 Å². The second kappa shape index (κ2) is 5.42. The van der Waals surface area contributed by atoms with Gasteiger partial charge in [0, 0.05) is 19.6 Å². The maximum Gasteiger partial charge on any atom is 0.171 e. The molecule has 2 aliphatic rings. The van der Waals surface area contributed by atoms with Gasteiger partial charge in [0.15, 0.2) is 2.74 Å². The number of benzene rings is 2. The molecule has 0 radical (unpaired) electrons. The molecule has 0 bridgehead atoms. The Morgan fingerprint density at radius 1 is 0.522 bits per heavy atom. The van der Waals surface area contributed by atoms with Crippen molar-refractivity contribution in [2.24, 2.45) is 0 Å². The second-order valence-corrected chi connectivity index (χ2v) is 12.9. The van der Waals surface area contributed by atoms with Gasteiger partial charge in [-0.05, 0) is 74.9 Å². The van der Waals surface area contributed by atoms with E-state index in [1.165, 1.54) is 53.0 Å². The van der Waals surface area contributed by atoms with Crippen molar-refractivity contribution < 1.29 is 0 Å². The highest BCUT2D eigenvalue weighted by Crippen LogP contribution is 2.75. The summed E-state index contributed by atoms with van der Waals surface area (Å²) in [5.41, 5.74) is 8.61. The lowest BCUT2D eigenvalue weighted by Gasteiger charge is -2.18. The molecular weight excluding hydrogens is 356 g/mol. The Morgan fingerprint density at radius 2 is 0.870 bits per heavy atom. The second-order valence-electron chi connectivity index (χ2n) is 6.50. The van der Waals surface area contributed by atoms with E-state index in [0.29, 0.717) is 0 Å². The zero-order valence-electron chi connectivity index (χ0n) is 14.3. The van der Waals surface area contributed by atoms with Gasteiger partial charge < -0.3 is 0 Å². The molecule has 0 atom stereocenters. The van der Waals surface area contributed by atoms with Gasteiger partial charge in [-0.2, -0.15) is 0 Å². The van der Waals surface area contributed by atoms with Crippen LogP contribution in [-0.2, 0) is 0 Å². The Kier molecular flexibility index (Phi) is 3.84. The third kappa shape index (κ3) is 2.40. The van der Waals surface area contributed by atoms with Crippen LogP contribution in [0.1, 0.15) is 33.4 Å². The minimum absolute atomic E-state index is 0.122. The van der Waals surface area contributed by atoms with Crippen LogP contribution in [0.2, 0.25) is 0 Å². The molecule has 0 N–H and O–H groups in total. The van der Waals surface area contributed by atoms with Gasteiger partial charge in [-0.1, -0.05) is 59.2 Å². The third-order valence-electron chi connectivity index (χ3n) is 4.77. The molecule has 0 amide bonds. The summed E-state index contributed by atoms with van der Waals surface area (Å²) in [4.78, 5) is 6.01. The van der Waals surface area contributed by atoms with Crippen molar-refractivity contribution in [2.75, 3.05) is 0 Å². The van der Waals surface area contributed by atoms with Crippen LogP contribution in [-0.4, -0.2) is 2.74 Å². The van der Waals surface area contributed by atoms with Crippen molar-refractivity contribution in [3.05, 3.63) is 45.5 Å². The summed E-state index contributed by atoms with van der Waals surface area (Å²) in [6, 6.07) is 4.69. The fraction of sp³-hybridized carbons (Fsp3) is 0.368. The van der Waals surface area contributed by atoms with Crippen molar-refractivity contribution in [2.45, 2.75) is 63.9 Å². The number of aryl methyl sites for hydroxylation is 4.